The lowest BCUT2D eigenvalue weighted by Gasteiger charge is -2.24. The summed E-state index contributed by atoms with van der Waals surface area (Å²) in [5, 5.41) is 9.11. The predicted octanol–water partition coefficient (Wildman–Crippen LogP) is 2.23. The van der Waals surface area contributed by atoms with Crippen molar-refractivity contribution < 1.29 is 19.4 Å². The normalized spacial score (nSPS) is 20.6. The maximum atomic E-state index is 12.6. The van der Waals surface area contributed by atoms with Crippen LogP contribution in [-0.4, -0.2) is 41.3 Å². The molecule has 1 N–H and O–H groups in total. The van der Waals surface area contributed by atoms with Gasteiger partial charge >= 0.3 is 6.09 Å². The van der Waals surface area contributed by atoms with E-state index in [1.54, 1.807) is 6.92 Å². The van der Waals surface area contributed by atoms with Gasteiger partial charge in [-0.1, -0.05) is 44.2 Å². The summed E-state index contributed by atoms with van der Waals surface area (Å²) >= 11 is 0. The molecule has 2 amide bonds. The number of carbonyl (C=O) groups is 2. The molecule has 0 aromatic heterocycles. The summed E-state index contributed by atoms with van der Waals surface area (Å²) in [4.78, 5) is 25.7. The SMILES string of the molecule is C[C@H](CO)C[C@@H](C)C(=O)N1C(=O)OC[C@@H]1Cc1ccccc1. The van der Waals surface area contributed by atoms with E-state index in [-0.39, 0.29) is 37.0 Å². The first-order valence-electron chi connectivity index (χ1n) is 7.67. The van der Waals surface area contributed by atoms with Crippen LogP contribution in [0.2, 0.25) is 0 Å². The van der Waals surface area contributed by atoms with Crippen molar-refractivity contribution in [2.75, 3.05) is 13.2 Å². The highest BCUT2D eigenvalue weighted by atomic mass is 16.6. The molecule has 120 valence electrons. The van der Waals surface area contributed by atoms with Crippen LogP contribution in [0.15, 0.2) is 30.3 Å². The third kappa shape index (κ3) is 3.85. The lowest BCUT2D eigenvalue weighted by atomic mass is 9.96. The van der Waals surface area contributed by atoms with Crippen molar-refractivity contribution in [3.8, 4) is 0 Å². The van der Waals surface area contributed by atoms with Crippen LogP contribution in [0.4, 0.5) is 4.79 Å². The largest absolute Gasteiger partial charge is 0.447 e. The molecule has 1 fully saturated rings. The van der Waals surface area contributed by atoms with Crippen LogP contribution in [-0.2, 0) is 16.0 Å². The Morgan fingerprint density at radius 2 is 2.05 bits per heavy atom. The number of amides is 2. The average Bonchev–Trinajstić information content (AvgIpc) is 2.88. The molecule has 3 atom stereocenters. The van der Waals surface area contributed by atoms with Crippen molar-refractivity contribution in [1.29, 1.82) is 0 Å². The summed E-state index contributed by atoms with van der Waals surface area (Å²) in [5.74, 6) is -0.500. The minimum absolute atomic E-state index is 0.0325. The molecule has 0 bridgehead atoms. The van der Waals surface area contributed by atoms with Gasteiger partial charge in [-0.3, -0.25) is 4.79 Å². The predicted molar refractivity (Wildman–Crippen MR) is 82.2 cm³/mol. The lowest BCUT2D eigenvalue weighted by Crippen LogP contribution is -2.43. The number of carbonyl (C=O) groups excluding carboxylic acids is 2. The van der Waals surface area contributed by atoms with E-state index in [9.17, 15) is 9.59 Å². The second-order valence-corrected chi connectivity index (χ2v) is 6.05. The monoisotopic (exact) mass is 305 g/mol. The Morgan fingerprint density at radius 3 is 2.68 bits per heavy atom. The second-order valence-electron chi connectivity index (χ2n) is 6.05. The number of cyclic esters (lactones) is 1. The van der Waals surface area contributed by atoms with E-state index in [1.165, 1.54) is 4.90 Å². The minimum Gasteiger partial charge on any atom is -0.447 e. The first kappa shape index (κ1) is 16.5. The maximum Gasteiger partial charge on any atom is 0.416 e. The second kappa shape index (κ2) is 7.40. The summed E-state index contributed by atoms with van der Waals surface area (Å²) in [6.45, 7) is 3.95. The van der Waals surface area contributed by atoms with E-state index in [0.29, 0.717) is 12.8 Å². The minimum atomic E-state index is -0.561. The highest BCUT2D eigenvalue weighted by Gasteiger charge is 2.39. The molecular weight excluding hydrogens is 282 g/mol. The van der Waals surface area contributed by atoms with E-state index in [0.717, 1.165) is 5.56 Å². The van der Waals surface area contributed by atoms with Crippen LogP contribution >= 0.6 is 0 Å². The molecule has 1 saturated heterocycles. The number of imide groups is 1. The molecule has 0 saturated carbocycles. The molecule has 1 aromatic carbocycles. The molecule has 0 aliphatic carbocycles. The van der Waals surface area contributed by atoms with Crippen molar-refractivity contribution in [3.05, 3.63) is 35.9 Å². The smallest absolute Gasteiger partial charge is 0.416 e. The Morgan fingerprint density at radius 1 is 1.36 bits per heavy atom. The van der Waals surface area contributed by atoms with Crippen molar-refractivity contribution in [3.63, 3.8) is 0 Å². The standard InChI is InChI=1S/C17H23NO4/c1-12(10-19)8-13(2)16(20)18-15(11-22-17(18)21)9-14-6-4-3-5-7-14/h3-7,12-13,15,19H,8-11H2,1-2H3/t12-,13+,15-/m0/s1. The van der Waals surface area contributed by atoms with Crippen molar-refractivity contribution >= 4 is 12.0 Å². The summed E-state index contributed by atoms with van der Waals surface area (Å²) in [5.41, 5.74) is 1.07. The number of hydrogen-bond donors (Lipinski definition) is 1. The lowest BCUT2D eigenvalue weighted by molar-refractivity contribution is -0.133. The van der Waals surface area contributed by atoms with Crippen LogP contribution < -0.4 is 0 Å². The van der Waals surface area contributed by atoms with Gasteiger partial charge in [0, 0.05) is 12.5 Å². The van der Waals surface area contributed by atoms with Crippen LogP contribution in [0.25, 0.3) is 0 Å². The molecule has 1 aliphatic heterocycles. The number of benzene rings is 1. The first-order chi connectivity index (χ1) is 10.5. The van der Waals surface area contributed by atoms with Gasteiger partial charge in [0.05, 0.1) is 6.04 Å². The summed E-state index contributed by atoms with van der Waals surface area (Å²) in [6, 6.07) is 9.50. The van der Waals surface area contributed by atoms with E-state index in [4.69, 9.17) is 9.84 Å². The number of ether oxygens (including phenoxy) is 1. The molecule has 1 aromatic rings. The van der Waals surface area contributed by atoms with Crippen molar-refractivity contribution in [1.82, 2.24) is 4.90 Å². The van der Waals surface area contributed by atoms with Crippen LogP contribution in [0.3, 0.4) is 0 Å². The fourth-order valence-corrected chi connectivity index (χ4v) is 2.78. The highest BCUT2D eigenvalue weighted by Crippen LogP contribution is 2.22. The molecule has 22 heavy (non-hydrogen) atoms. The van der Waals surface area contributed by atoms with Gasteiger partial charge in [0.2, 0.25) is 5.91 Å². The molecule has 0 unspecified atom stereocenters. The number of aliphatic hydroxyl groups is 1. The molecule has 5 nitrogen and oxygen atoms in total. The average molecular weight is 305 g/mol. The van der Waals surface area contributed by atoms with Gasteiger partial charge in [0.15, 0.2) is 0 Å². The van der Waals surface area contributed by atoms with Gasteiger partial charge in [0.25, 0.3) is 0 Å². The Labute approximate surface area is 130 Å². The van der Waals surface area contributed by atoms with Crippen LogP contribution in [0, 0.1) is 11.8 Å². The van der Waals surface area contributed by atoms with E-state index in [2.05, 4.69) is 0 Å². The summed E-state index contributed by atoms with van der Waals surface area (Å²) < 4.78 is 5.07. The highest BCUT2D eigenvalue weighted by molar-refractivity contribution is 5.94. The first-order valence-corrected chi connectivity index (χ1v) is 7.67. The number of rotatable bonds is 6. The molecule has 1 heterocycles. The van der Waals surface area contributed by atoms with Crippen LogP contribution in [0.5, 0.6) is 0 Å². The molecule has 5 heteroatoms. The third-order valence-electron chi connectivity index (χ3n) is 4.00. The number of aliphatic hydroxyl groups excluding tert-OH is 1. The van der Waals surface area contributed by atoms with Gasteiger partial charge in [0.1, 0.15) is 6.61 Å². The maximum absolute atomic E-state index is 12.6. The van der Waals surface area contributed by atoms with E-state index >= 15 is 0 Å². The number of nitrogens with zero attached hydrogens (tertiary/aromatic N) is 1. The fourth-order valence-electron chi connectivity index (χ4n) is 2.78. The molecule has 0 radical (unpaired) electrons. The zero-order valence-corrected chi connectivity index (χ0v) is 13.1. The van der Waals surface area contributed by atoms with Crippen molar-refractivity contribution in [2.24, 2.45) is 11.8 Å². The van der Waals surface area contributed by atoms with Crippen molar-refractivity contribution in [2.45, 2.75) is 32.7 Å². The Hall–Kier alpha value is -1.88. The topological polar surface area (TPSA) is 66.8 Å². The summed E-state index contributed by atoms with van der Waals surface area (Å²) in [7, 11) is 0. The van der Waals surface area contributed by atoms with Gasteiger partial charge in [-0.2, -0.15) is 0 Å². The zero-order chi connectivity index (χ0) is 16.1. The molecular formula is C17H23NO4. The third-order valence-corrected chi connectivity index (χ3v) is 4.00. The van der Waals surface area contributed by atoms with E-state index in [1.807, 2.05) is 37.3 Å². The van der Waals surface area contributed by atoms with Gasteiger partial charge in [-0.15, -0.1) is 0 Å². The fraction of sp³-hybridized carbons (Fsp3) is 0.529. The number of hydrogen-bond acceptors (Lipinski definition) is 4. The zero-order valence-electron chi connectivity index (χ0n) is 13.1. The van der Waals surface area contributed by atoms with Gasteiger partial charge < -0.3 is 9.84 Å². The van der Waals surface area contributed by atoms with Gasteiger partial charge in [-0.05, 0) is 24.3 Å². The van der Waals surface area contributed by atoms with Gasteiger partial charge in [-0.25, -0.2) is 9.69 Å². The Bertz CT molecular complexity index is 517. The van der Waals surface area contributed by atoms with Crippen LogP contribution in [0.1, 0.15) is 25.8 Å². The Balaban J connectivity index is 2.05. The molecule has 0 spiro atoms. The van der Waals surface area contributed by atoms with E-state index < -0.39 is 6.09 Å². The molecule has 1 aliphatic rings. The Kier molecular flexibility index (Phi) is 5.55. The molecule has 2 rings (SSSR count). The summed E-state index contributed by atoms with van der Waals surface area (Å²) in [6.07, 6.45) is 0.590. The quantitative estimate of drug-likeness (QED) is 0.875.